The molecule has 4 heterocycles. The van der Waals surface area contributed by atoms with Gasteiger partial charge in [0, 0.05) is 40.6 Å². The van der Waals surface area contributed by atoms with Crippen LogP contribution in [0.3, 0.4) is 0 Å². The number of benzene rings is 1. The predicted molar refractivity (Wildman–Crippen MR) is 154 cm³/mol. The first-order chi connectivity index (χ1) is 19.4. The fourth-order valence-electron chi connectivity index (χ4n) is 5.53. The third-order valence-corrected chi connectivity index (χ3v) is 9.81. The number of aliphatic hydroxyl groups excluding tert-OH is 3. The van der Waals surface area contributed by atoms with Crippen molar-refractivity contribution in [1.29, 1.82) is 0 Å². The topological polar surface area (TPSA) is 146 Å². The van der Waals surface area contributed by atoms with Crippen LogP contribution in [0.2, 0.25) is 0 Å². The van der Waals surface area contributed by atoms with Crippen LogP contribution in [0, 0.1) is 5.92 Å². The maximum atomic E-state index is 13.7. The Morgan fingerprint density at radius 3 is 2.55 bits per heavy atom. The van der Waals surface area contributed by atoms with E-state index in [0.717, 1.165) is 22.4 Å². The van der Waals surface area contributed by atoms with Crippen molar-refractivity contribution in [3.8, 4) is 11.1 Å². The molecule has 1 aromatic carbocycles. The lowest BCUT2D eigenvalue weighted by molar-refractivity contribution is -0.205. The van der Waals surface area contributed by atoms with Crippen LogP contribution in [0.1, 0.15) is 13.3 Å². The predicted octanol–water partition coefficient (Wildman–Crippen LogP) is 1.21. The number of nitrogens with one attached hydrogen (secondary N) is 2. The van der Waals surface area contributed by atoms with Gasteiger partial charge in [0.1, 0.15) is 42.2 Å². The molecule has 2 saturated heterocycles. The second-order valence-corrected chi connectivity index (χ2v) is 12.7. The number of ether oxygens (including phenoxy) is 2. The number of rotatable bonds is 8. The largest absolute Gasteiger partial charge is 0.388 e. The van der Waals surface area contributed by atoms with E-state index in [2.05, 4.69) is 26.7 Å². The van der Waals surface area contributed by atoms with Crippen LogP contribution in [0.4, 0.5) is 0 Å². The molecule has 0 radical (unpaired) electrons. The molecule has 0 saturated carbocycles. The maximum Gasteiger partial charge on any atom is 0.240 e. The molecule has 3 aliphatic heterocycles. The Morgan fingerprint density at radius 1 is 1.07 bits per heavy atom. The van der Waals surface area contributed by atoms with E-state index in [0.29, 0.717) is 13.2 Å². The Kier molecular flexibility index (Phi) is 9.80. The minimum absolute atomic E-state index is 0.197. The van der Waals surface area contributed by atoms with E-state index < -0.39 is 41.9 Å². The molecule has 10 atom stereocenters. The van der Waals surface area contributed by atoms with Crippen LogP contribution in [-0.4, -0.2) is 104 Å². The summed E-state index contributed by atoms with van der Waals surface area (Å²) < 4.78 is 12.1. The van der Waals surface area contributed by atoms with Crippen LogP contribution in [0.15, 0.2) is 60.0 Å². The van der Waals surface area contributed by atoms with Crippen LogP contribution in [-0.2, 0) is 14.3 Å². The Labute approximate surface area is 242 Å². The van der Waals surface area contributed by atoms with Gasteiger partial charge in [-0.25, -0.2) is 9.97 Å². The van der Waals surface area contributed by atoms with Gasteiger partial charge in [0.15, 0.2) is 0 Å². The minimum Gasteiger partial charge on any atom is -0.388 e. The monoisotopic (exact) mass is 588 g/mol. The fourth-order valence-corrected chi connectivity index (χ4v) is 7.30. The molecule has 3 aliphatic rings. The number of allylic oxidation sites excluding steroid dienone is 1. The lowest BCUT2D eigenvalue weighted by Crippen LogP contribution is -2.65. The molecule has 40 heavy (non-hydrogen) atoms. The molecule has 2 aromatic rings. The number of thioether (sulfide) groups is 2. The molecule has 0 bridgehead atoms. The Bertz CT molecular complexity index is 1160. The SMILES string of the molecule is CSC1O[C@H]([C@H](NC(=O)[C@H]2NC[C@@H]3CC=CCO[C@H]32)[C@H](C)Sc2ccc(-c3cncnc3)cc2)C(O)C(O)[C@H]1O. The fraction of sp³-hybridized carbons (Fsp3) is 0.536. The maximum absolute atomic E-state index is 13.7. The number of hydrogen-bond donors (Lipinski definition) is 5. The van der Waals surface area contributed by atoms with Gasteiger partial charge in [0.25, 0.3) is 0 Å². The quantitative estimate of drug-likeness (QED) is 0.224. The first-order valence-electron chi connectivity index (χ1n) is 13.4. The van der Waals surface area contributed by atoms with Gasteiger partial charge in [0.2, 0.25) is 5.91 Å². The summed E-state index contributed by atoms with van der Waals surface area (Å²) in [6.45, 7) is 3.08. The van der Waals surface area contributed by atoms with E-state index in [1.807, 2.05) is 37.3 Å². The van der Waals surface area contributed by atoms with Gasteiger partial charge in [-0.2, -0.15) is 0 Å². The molecule has 12 heteroatoms. The van der Waals surface area contributed by atoms with Gasteiger partial charge < -0.3 is 35.4 Å². The zero-order valence-electron chi connectivity index (χ0n) is 22.4. The van der Waals surface area contributed by atoms with Crippen molar-refractivity contribution in [3.63, 3.8) is 0 Å². The third kappa shape index (κ3) is 6.39. The molecule has 5 rings (SSSR count). The van der Waals surface area contributed by atoms with Crippen LogP contribution >= 0.6 is 23.5 Å². The van der Waals surface area contributed by atoms with Gasteiger partial charge in [-0.05, 0) is 30.4 Å². The molecule has 1 aromatic heterocycles. The van der Waals surface area contributed by atoms with E-state index in [1.54, 1.807) is 18.6 Å². The summed E-state index contributed by atoms with van der Waals surface area (Å²) in [5.41, 5.74) is 1.13. The normalized spacial score (nSPS) is 33.5. The number of nitrogens with zero attached hydrogens (tertiary/aromatic N) is 2. The molecule has 0 spiro atoms. The zero-order valence-corrected chi connectivity index (χ0v) is 24.0. The van der Waals surface area contributed by atoms with Crippen LogP contribution in [0.5, 0.6) is 0 Å². The van der Waals surface area contributed by atoms with Gasteiger partial charge in [-0.3, -0.25) is 4.79 Å². The summed E-state index contributed by atoms with van der Waals surface area (Å²) in [6.07, 6.45) is 6.40. The van der Waals surface area contributed by atoms with Gasteiger partial charge in [-0.1, -0.05) is 31.2 Å². The number of carbonyl (C=O) groups excluding carboxylic acids is 1. The van der Waals surface area contributed by atoms with Crippen molar-refractivity contribution in [1.82, 2.24) is 20.6 Å². The molecule has 5 N–H and O–H groups in total. The highest BCUT2D eigenvalue weighted by atomic mass is 32.2. The van der Waals surface area contributed by atoms with Gasteiger partial charge in [-0.15, -0.1) is 23.5 Å². The molecule has 3 unspecified atom stereocenters. The van der Waals surface area contributed by atoms with E-state index >= 15 is 0 Å². The molecule has 2 fully saturated rings. The standard InChI is InChI=1S/C28H36N4O6S2/c1-15(40-19-8-6-16(7-9-19)18-11-29-14-30-12-18)20(26-23(34)22(33)24(35)28(38-26)39-2)32-27(36)21-25-17(13-31-21)5-3-4-10-37-25/h3-4,6-9,11-12,14-15,17,20-26,28,31,33-35H,5,10,13H2,1-2H3,(H,32,36)/t15-,17-,20+,21-,22?,23?,24+,25+,26+,28?/m0/s1. The highest BCUT2D eigenvalue weighted by Gasteiger charge is 2.49. The Balaban J connectivity index is 1.36. The summed E-state index contributed by atoms with van der Waals surface area (Å²) in [5.74, 6) is -0.0500. The van der Waals surface area contributed by atoms with Crippen molar-refractivity contribution in [3.05, 3.63) is 55.1 Å². The zero-order chi connectivity index (χ0) is 28.2. The van der Waals surface area contributed by atoms with Crippen LogP contribution in [0.25, 0.3) is 11.1 Å². The number of amides is 1. The summed E-state index contributed by atoms with van der Waals surface area (Å²) in [5, 5.41) is 38.2. The van der Waals surface area contributed by atoms with Crippen LogP contribution < -0.4 is 10.6 Å². The smallest absolute Gasteiger partial charge is 0.240 e. The van der Waals surface area contributed by atoms with E-state index in [4.69, 9.17) is 9.47 Å². The van der Waals surface area contributed by atoms with Crippen molar-refractivity contribution in [2.75, 3.05) is 19.4 Å². The second-order valence-electron chi connectivity index (χ2n) is 10.3. The molecular weight excluding hydrogens is 552 g/mol. The number of fused-ring (bicyclic) bond motifs is 1. The van der Waals surface area contributed by atoms with Crippen molar-refractivity contribution in [2.24, 2.45) is 5.92 Å². The minimum atomic E-state index is -1.41. The Hall–Kier alpha value is -2.03. The summed E-state index contributed by atoms with van der Waals surface area (Å²) >= 11 is 2.77. The molecule has 1 amide bonds. The Morgan fingerprint density at radius 2 is 1.82 bits per heavy atom. The van der Waals surface area contributed by atoms with E-state index in [-0.39, 0.29) is 23.2 Å². The van der Waals surface area contributed by atoms with Crippen molar-refractivity contribution in [2.45, 2.75) is 71.5 Å². The molecule has 216 valence electrons. The molecular formula is C28H36N4O6S2. The number of carbonyl (C=O) groups is 1. The van der Waals surface area contributed by atoms with Crippen molar-refractivity contribution >= 4 is 29.4 Å². The average molecular weight is 589 g/mol. The average Bonchev–Trinajstić information content (AvgIpc) is 3.24. The van der Waals surface area contributed by atoms with E-state index in [1.165, 1.54) is 29.9 Å². The summed E-state index contributed by atoms with van der Waals surface area (Å²) in [6, 6.07) is 6.70. The van der Waals surface area contributed by atoms with E-state index in [9.17, 15) is 20.1 Å². The van der Waals surface area contributed by atoms with Crippen molar-refractivity contribution < 1.29 is 29.6 Å². The lowest BCUT2D eigenvalue weighted by atomic mass is 9.92. The number of aliphatic hydroxyl groups is 3. The number of aromatic nitrogens is 2. The highest BCUT2D eigenvalue weighted by Crippen LogP contribution is 2.35. The lowest BCUT2D eigenvalue weighted by Gasteiger charge is -2.44. The molecule has 10 nitrogen and oxygen atoms in total. The summed E-state index contributed by atoms with van der Waals surface area (Å²) in [7, 11) is 0. The third-order valence-electron chi connectivity index (χ3n) is 7.74. The second kappa shape index (κ2) is 13.3. The van der Waals surface area contributed by atoms with Gasteiger partial charge in [0.05, 0.1) is 18.8 Å². The molecule has 0 aliphatic carbocycles. The first-order valence-corrected chi connectivity index (χ1v) is 15.6. The number of hydrogen-bond acceptors (Lipinski definition) is 11. The highest BCUT2D eigenvalue weighted by molar-refractivity contribution is 8.00. The summed E-state index contributed by atoms with van der Waals surface area (Å²) in [4.78, 5) is 22.8. The van der Waals surface area contributed by atoms with Gasteiger partial charge >= 0.3 is 0 Å². The first kappa shape index (κ1) is 29.5.